The predicted octanol–water partition coefficient (Wildman–Crippen LogP) is 5.45. The van der Waals surface area contributed by atoms with Gasteiger partial charge in [0, 0.05) is 31.1 Å². The summed E-state index contributed by atoms with van der Waals surface area (Å²) in [5.74, 6) is 0.844. The van der Waals surface area contributed by atoms with Gasteiger partial charge in [-0.2, -0.15) is 0 Å². The lowest BCUT2D eigenvalue weighted by molar-refractivity contribution is -0.198. The van der Waals surface area contributed by atoms with Gasteiger partial charge in [0.2, 0.25) is 0 Å². The first kappa shape index (κ1) is 28.4. The van der Waals surface area contributed by atoms with Gasteiger partial charge in [0.15, 0.2) is 11.5 Å². The van der Waals surface area contributed by atoms with Gasteiger partial charge in [-0.15, -0.1) is 6.58 Å². The number of aryl methyl sites for hydroxylation is 1. The molecule has 1 saturated carbocycles. The molecule has 1 spiro atoms. The molecule has 220 valence electrons. The van der Waals surface area contributed by atoms with Crippen molar-refractivity contribution < 1.29 is 19.4 Å². The number of benzene rings is 2. The minimum Gasteiger partial charge on any atom is -0.483 e. The molecule has 2 aliphatic heterocycles. The molecule has 2 aromatic carbocycles. The molecule has 0 unspecified atom stereocenters. The van der Waals surface area contributed by atoms with Crippen molar-refractivity contribution in [3.8, 4) is 11.5 Å². The van der Waals surface area contributed by atoms with Crippen molar-refractivity contribution in [2.75, 3.05) is 26.2 Å². The minimum atomic E-state index is -0.890. The molecule has 1 saturated heterocycles. The molecule has 5 atom stereocenters. The van der Waals surface area contributed by atoms with Gasteiger partial charge in [-0.05, 0) is 81.8 Å². The number of nitrogens with zero attached hydrogens (tertiary/aromatic N) is 2. The molecular weight excluding hydrogens is 512 g/mol. The monoisotopic (exact) mass is 558 g/mol. The van der Waals surface area contributed by atoms with E-state index in [1.54, 1.807) is 0 Å². The highest BCUT2D eigenvalue weighted by Gasteiger charge is 2.73. The van der Waals surface area contributed by atoms with Crippen LogP contribution in [-0.2, 0) is 23.1 Å². The van der Waals surface area contributed by atoms with Crippen molar-refractivity contribution in [3.63, 3.8) is 0 Å². The van der Waals surface area contributed by atoms with E-state index in [1.165, 1.54) is 37.3 Å². The molecular formula is C35H46N2O4. The van der Waals surface area contributed by atoms with Gasteiger partial charge in [0.25, 0.3) is 0 Å². The Morgan fingerprint density at radius 1 is 1.17 bits per heavy atom. The molecule has 0 aromatic heterocycles. The van der Waals surface area contributed by atoms with Crippen LogP contribution in [0.15, 0.2) is 55.1 Å². The fourth-order valence-electron chi connectivity index (χ4n) is 8.79. The number of rotatable bonds is 12. The fourth-order valence-corrected chi connectivity index (χ4v) is 8.79. The Labute approximate surface area is 245 Å². The maximum Gasteiger partial charge on any atom is 0.308 e. The summed E-state index contributed by atoms with van der Waals surface area (Å²) in [6.07, 6.45) is 11.0. The van der Waals surface area contributed by atoms with Gasteiger partial charge < -0.3 is 14.6 Å². The average molecular weight is 559 g/mol. The van der Waals surface area contributed by atoms with Crippen LogP contribution in [0.4, 0.5) is 0 Å². The van der Waals surface area contributed by atoms with E-state index < -0.39 is 11.0 Å². The number of carbonyl (C=O) groups is 1. The highest BCUT2D eigenvalue weighted by atomic mass is 16.6. The fraction of sp³-hybridized carbons (Fsp3) is 0.571. The Morgan fingerprint density at radius 2 is 1.98 bits per heavy atom. The topological polar surface area (TPSA) is 62.2 Å². The van der Waals surface area contributed by atoms with Crippen molar-refractivity contribution in [3.05, 3.63) is 71.8 Å². The van der Waals surface area contributed by atoms with Crippen molar-refractivity contribution in [1.29, 1.82) is 0 Å². The van der Waals surface area contributed by atoms with Gasteiger partial charge in [-0.3, -0.25) is 14.6 Å². The molecule has 2 aromatic rings. The molecule has 6 rings (SSSR count). The number of hydrogen-bond donors (Lipinski definition) is 1. The summed E-state index contributed by atoms with van der Waals surface area (Å²) >= 11 is 0. The average Bonchev–Trinajstić information content (AvgIpc) is 3.32. The van der Waals surface area contributed by atoms with Crippen LogP contribution in [0.5, 0.6) is 11.5 Å². The van der Waals surface area contributed by atoms with Crippen LogP contribution in [0.3, 0.4) is 0 Å². The third-order valence-corrected chi connectivity index (χ3v) is 10.5. The van der Waals surface area contributed by atoms with E-state index >= 15 is 0 Å². The Kier molecular flexibility index (Phi) is 8.01. The number of ether oxygens (including phenoxy) is 2. The predicted molar refractivity (Wildman–Crippen MR) is 162 cm³/mol. The summed E-state index contributed by atoms with van der Waals surface area (Å²) in [5.41, 5.74) is 2.37. The first-order valence-corrected chi connectivity index (χ1v) is 15.8. The zero-order chi connectivity index (χ0) is 28.6. The van der Waals surface area contributed by atoms with E-state index in [-0.39, 0.29) is 24.2 Å². The largest absolute Gasteiger partial charge is 0.483 e. The Balaban J connectivity index is 1.24. The van der Waals surface area contributed by atoms with Gasteiger partial charge in [-0.25, -0.2) is 0 Å². The lowest BCUT2D eigenvalue weighted by atomic mass is 9.48. The second kappa shape index (κ2) is 11.5. The second-order valence-electron chi connectivity index (χ2n) is 12.6. The number of hydrogen-bond acceptors (Lipinski definition) is 6. The van der Waals surface area contributed by atoms with Crippen LogP contribution < -0.4 is 9.47 Å². The number of esters is 1. The van der Waals surface area contributed by atoms with Crippen LogP contribution in [0.25, 0.3) is 0 Å². The second-order valence-corrected chi connectivity index (χ2v) is 12.6. The van der Waals surface area contributed by atoms with Gasteiger partial charge in [-0.1, -0.05) is 62.2 Å². The number of likely N-dealkylation sites (tertiary alicyclic amines) is 1. The highest BCUT2D eigenvalue weighted by molar-refractivity contribution is 5.72. The maximum absolute atomic E-state index is 12.7. The van der Waals surface area contributed by atoms with E-state index in [9.17, 15) is 9.90 Å². The minimum absolute atomic E-state index is 0.0269. The van der Waals surface area contributed by atoms with Gasteiger partial charge in [0.1, 0.15) is 6.10 Å². The van der Waals surface area contributed by atoms with Crippen molar-refractivity contribution in [2.45, 2.75) is 101 Å². The Hall–Kier alpha value is -2.67. The summed E-state index contributed by atoms with van der Waals surface area (Å²) in [6.45, 7) is 11.4. The van der Waals surface area contributed by atoms with E-state index in [0.717, 1.165) is 70.3 Å². The summed E-state index contributed by atoms with van der Waals surface area (Å²) in [5, 5.41) is 12.7. The van der Waals surface area contributed by atoms with Crippen LogP contribution in [0.2, 0.25) is 0 Å². The van der Waals surface area contributed by atoms with Crippen LogP contribution >= 0.6 is 0 Å². The first-order chi connectivity index (χ1) is 19.9. The van der Waals surface area contributed by atoms with Gasteiger partial charge >= 0.3 is 5.97 Å². The standard InChI is InChI=1S/C35H46N2O4/c1-4-21-37-23-20-34-31-27-16-17-29(40-25(3)38)32(31)41-33(34)28(18-19-35(34,39)30(37)24-27)36(5-2)22-12-7-6-9-13-26-14-10-8-11-15-26/h4,8,10-11,14-17,28,30,33,39H,1,5-7,9,12-13,18-24H2,2-3H3/t28-,30-,33+,34+,35-/m1/s1. The lowest BCUT2D eigenvalue weighted by Gasteiger charge is -2.64. The smallest absolute Gasteiger partial charge is 0.308 e. The summed E-state index contributed by atoms with van der Waals surface area (Å²) < 4.78 is 12.6. The quantitative estimate of drug-likeness (QED) is 0.162. The van der Waals surface area contributed by atoms with Crippen LogP contribution in [0, 0.1) is 0 Å². The lowest BCUT2D eigenvalue weighted by Crippen LogP contribution is -2.78. The zero-order valence-electron chi connectivity index (χ0n) is 24.8. The van der Waals surface area contributed by atoms with Gasteiger partial charge in [0.05, 0.1) is 11.0 Å². The molecule has 41 heavy (non-hydrogen) atoms. The molecule has 4 aliphatic rings. The molecule has 6 nitrogen and oxygen atoms in total. The van der Waals surface area contributed by atoms with Crippen molar-refractivity contribution in [2.24, 2.45) is 0 Å². The van der Waals surface area contributed by atoms with Crippen molar-refractivity contribution in [1.82, 2.24) is 9.80 Å². The van der Waals surface area contributed by atoms with Crippen LogP contribution in [-0.4, -0.2) is 70.8 Å². The highest BCUT2D eigenvalue weighted by Crippen LogP contribution is 2.66. The number of piperidine rings is 1. The molecule has 2 fully saturated rings. The summed E-state index contributed by atoms with van der Waals surface area (Å²) in [7, 11) is 0. The SMILES string of the molecule is C=CCN1CC[C@]23c4c5ccc(OC(C)=O)c4O[C@H]2[C@H](N(CC)CCCCCCc2ccccc2)CC[C@@]3(O)[C@H]1C5. The molecule has 2 aliphatic carbocycles. The normalized spacial score (nSPS) is 29.6. The zero-order valence-corrected chi connectivity index (χ0v) is 24.8. The van der Waals surface area contributed by atoms with E-state index in [4.69, 9.17) is 9.47 Å². The molecule has 1 N–H and O–H groups in total. The van der Waals surface area contributed by atoms with E-state index in [1.807, 2.05) is 12.1 Å². The maximum atomic E-state index is 12.7. The third kappa shape index (κ3) is 4.72. The summed E-state index contributed by atoms with van der Waals surface area (Å²) in [6, 6.07) is 15.0. The third-order valence-electron chi connectivity index (χ3n) is 10.5. The number of unbranched alkanes of at least 4 members (excludes halogenated alkanes) is 3. The molecule has 0 radical (unpaired) electrons. The molecule has 2 bridgehead atoms. The van der Waals surface area contributed by atoms with Crippen LogP contribution in [0.1, 0.15) is 75.5 Å². The number of likely N-dealkylation sites (N-methyl/N-ethyl adjacent to an activating group) is 1. The summed E-state index contributed by atoms with van der Waals surface area (Å²) in [4.78, 5) is 17.0. The van der Waals surface area contributed by atoms with E-state index in [2.05, 4.69) is 59.7 Å². The first-order valence-electron chi connectivity index (χ1n) is 15.8. The number of aliphatic hydroxyl groups is 1. The molecule has 6 heteroatoms. The molecule has 2 heterocycles. The number of carbonyl (C=O) groups excluding carboxylic acids is 1. The van der Waals surface area contributed by atoms with E-state index in [0.29, 0.717) is 11.5 Å². The Bertz CT molecular complexity index is 1260. The van der Waals surface area contributed by atoms with Crippen molar-refractivity contribution >= 4 is 5.97 Å². The molecule has 0 amide bonds. The Morgan fingerprint density at radius 3 is 2.73 bits per heavy atom.